The fourth-order valence-electron chi connectivity index (χ4n) is 3.39. The molecule has 4 atom stereocenters. The summed E-state index contributed by atoms with van der Waals surface area (Å²) >= 11 is 0. The van der Waals surface area contributed by atoms with E-state index in [-0.39, 0.29) is 0 Å². The van der Waals surface area contributed by atoms with Gasteiger partial charge in [-0.05, 0) is 37.5 Å². The fourth-order valence-corrected chi connectivity index (χ4v) is 3.39. The van der Waals surface area contributed by atoms with E-state index in [1.54, 1.807) is 6.92 Å². The van der Waals surface area contributed by atoms with Crippen LogP contribution in [0.1, 0.15) is 106 Å². The summed E-state index contributed by atoms with van der Waals surface area (Å²) < 4.78 is 0. The maximum absolute atomic E-state index is 10.2. The Morgan fingerprint density at radius 2 is 1.22 bits per heavy atom. The van der Waals surface area contributed by atoms with E-state index in [9.17, 15) is 10.2 Å². The van der Waals surface area contributed by atoms with Crippen LogP contribution in [-0.4, -0.2) is 21.9 Å². The van der Waals surface area contributed by atoms with E-state index in [2.05, 4.69) is 27.7 Å². The molecule has 4 unspecified atom stereocenters. The Kier molecular flexibility index (Phi) is 12.3. The Morgan fingerprint density at radius 3 is 1.65 bits per heavy atom. The number of rotatable bonds is 14. The molecule has 0 aromatic heterocycles. The van der Waals surface area contributed by atoms with Gasteiger partial charge >= 0.3 is 0 Å². The van der Waals surface area contributed by atoms with Crippen molar-refractivity contribution in [2.45, 2.75) is 117 Å². The molecule has 0 radical (unpaired) electrons. The molecular formula is C21H44O2. The van der Waals surface area contributed by atoms with Crippen molar-refractivity contribution in [3.63, 3.8) is 0 Å². The SMILES string of the molecule is CCC(O)C(C)(O)CCCC(C)CCCC(C)CCCC(C)C. The van der Waals surface area contributed by atoms with Crippen LogP contribution in [0.3, 0.4) is 0 Å². The van der Waals surface area contributed by atoms with Gasteiger partial charge in [-0.15, -0.1) is 0 Å². The van der Waals surface area contributed by atoms with E-state index in [1.807, 2.05) is 6.92 Å². The maximum atomic E-state index is 10.2. The van der Waals surface area contributed by atoms with Crippen LogP contribution in [0.2, 0.25) is 0 Å². The first kappa shape index (κ1) is 22.9. The van der Waals surface area contributed by atoms with Gasteiger partial charge in [0, 0.05) is 0 Å². The van der Waals surface area contributed by atoms with Crippen LogP contribution in [0.5, 0.6) is 0 Å². The molecule has 0 fully saturated rings. The molecule has 0 saturated heterocycles. The van der Waals surface area contributed by atoms with Gasteiger partial charge in [0.05, 0.1) is 11.7 Å². The molecule has 0 aromatic rings. The lowest BCUT2D eigenvalue weighted by molar-refractivity contribution is -0.0696. The quantitative estimate of drug-likeness (QED) is 0.414. The zero-order valence-corrected chi connectivity index (χ0v) is 16.8. The molecule has 0 aliphatic heterocycles. The van der Waals surface area contributed by atoms with Crippen LogP contribution in [0.4, 0.5) is 0 Å². The van der Waals surface area contributed by atoms with Crippen molar-refractivity contribution in [3.8, 4) is 0 Å². The minimum Gasteiger partial charge on any atom is -0.390 e. The molecule has 0 amide bonds. The van der Waals surface area contributed by atoms with E-state index in [0.717, 1.165) is 30.6 Å². The molecule has 2 nitrogen and oxygen atoms in total. The van der Waals surface area contributed by atoms with Crippen LogP contribution in [0.25, 0.3) is 0 Å². The predicted octanol–water partition coefficient (Wildman–Crippen LogP) is 5.95. The summed E-state index contributed by atoms with van der Waals surface area (Å²) in [5, 5.41) is 20.0. The summed E-state index contributed by atoms with van der Waals surface area (Å²) in [6, 6.07) is 0. The Hall–Kier alpha value is -0.0800. The molecular weight excluding hydrogens is 284 g/mol. The highest BCUT2D eigenvalue weighted by molar-refractivity contribution is 4.80. The van der Waals surface area contributed by atoms with Crippen LogP contribution >= 0.6 is 0 Å². The third kappa shape index (κ3) is 12.0. The Labute approximate surface area is 146 Å². The van der Waals surface area contributed by atoms with Crippen molar-refractivity contribution in [1.29, 1.82) is 0 Å². The Balaban J connectivity index is 3.69. The van der Waals surface area contributed by atoms with E-state index in [0.29, 0.717) is 12.8 Å². The highest BCUT2D eigenvalue weighted by atomic mass is 16.3. The van der Waals surface area contributed by atoms with Gasteiger partial charge in [-0.3, -0.25) is 0 Å². The predicted molar refractivity (Wildman–Crippen MR) is 102 cm³/mol. The molecule has 2 heteroatoms. The molecule has 2 N–H and O–H groups in total. The van der Waals surface area contributed by atoms with Gasteiger partial charge in [-0.2, -0.15) is 0 Å². The van der Waals surface area contributed by atoms with Crippen LogP contribution in [0.15, 0.2) is 0 Å². The zero-order valence-electron chi connectivity index (χ0n) is 16.8. The lowest BCUT2D eigenvalue weighted by atomic mass is 9.88. The maximum Gasteiger partial charge on any atom is 0.0877 e. The molecule has 23 heavy (non-hydrogen) atoms. The van der Waals surface area contributed by atoms with Gasteiger partial charge in [-0.1, -0.05) is 86.0 Å². The molecule has 0 aliphatic rings. The summed E-state index contributed by atoms with van der Waals surface area (Å²) in [6.45, 7) is 13.0. The number of hydrogen-bond acceptors (Lipinski definition) is 2. The minimum atomic E-state index is -0.917. The van der Waals surface area contributed by atoms with Crippen LogP contribution < -0.4 is 0 Å². The van der Waals surface area contributed by atoms with E-state index < -0.39 is 11.7 Å². The van der Waals surface area contributed by atoms with E-state index in [4.69, 9.17) is 0 Å². The average Bonchev–Trinajstić information content (AvgIpc) is 2.45. The summed E-state index contributed by atoms with van der Waals surface area (Å²) in [5.41, 5.74) is -0.917. The van der Waals surface area contributed by atoms with Crippen LogP contribution in [-0.2, 0) is 0 Å². The van der Waals surface area contributed by atoms with Gasteiger partial charge in [0.25, 0.3) is 0 Å². The van der Waals surface area contributed by atoms with Gasteiger partial charge in [0.1, 0.15) is 0 Å². The molecule has 140 valence electrons. The van der Waals surface area contributed by atoms with Crippen LogP contribution in [0, 0.1) is 17.8 Å². The average molecular weight is 329 g/mol. The van der Waals surface area contributed by atoms with Crippen molar-refractivity contribution in [3.05, 3.63) is 0 Å². The molecule has 0 rings (SSSR count). The summed E-state index contributed by atoms with van der Waals surface area (Å²) in [4.78, 5) is 0. The second kappa shape index (κ2) is 12.3. The van der Waals surface area contributed by atoms with Gasteiger partial charge in [-0.25, -0.2) is 0 Å². The number of hydrogen-bond donors (Lipinski definition) is 2. The first-order chi connectivity index (χ1) is 10.7. The molecule has 0 heterocycles. The van der Waals surface area contributed by atoms with Crippen molar-refractivity contribution in [1.82, 2.24) is 0 Å². The van der Waals surface area contributed by atoms with Gasteiger partial charge in [0.15, 0.2) is 0 Å². The zero-order chi connectivity index (χ0) is 17.9. The molecule has 0 spiro atoms. The largest absolute Gasteiger partial charge is 0.390 e. The monoisotopic (exact) mass is 328 g/mol. The minimum absolute atomic E-state index is 0.593. The Bertz CT molecular complexity index is 273. The van der Waals surface area contributed by atoms with E-state index >= 15 is 0 Å². The van der Waals surface area contributed by atoms with Gasteiger partial charge in [0.2, 0.25) is 0 Å². The lowest BCUT2D eigenvalue weighted by Gasteiger charge is -2.28. The number of aliphatic hydroxyl groups excluding tert-OH is 1. The molecule has 0 aliphatic carbocycles. The smallest absolute Gasteiger partial charge is 0.0877 e. The molecule has 0 aromatic carbocycles. The lowest BCUT2D eigenvalue weighted by Crippen LogP contribution is -2.38. The highest BCUT2D eigenvalue weighted by Crippen LogP contribution is 2.24. The Morgan fingerprint density at radius 1 is 0.783 bits per heavy atom. The van der Waals surface area contributed by atoms with Crippen molar-refractivity contribution in [2.24, 2.45) is 17.8 Å². The highest BCUT2D eigenvalue weighted by Gasteiger charge is 2.28. The number of aliphatic hydroxyl groups is 2. The summed E-state index contributed by atoms with van der Waals surface area (Å²) in [7, 11) is 0. The second-order valence-electron chi connectivity index (χ2n) is 8.64. The third-order valence-electron chi connectivity index (χ3n) is 5.36. The van der Waals surface area contributed by atoms with Crippen molar-refractivity contribution < 1.29 is 10.2 Å². The summed E-state index contributed by atoms with van der Waals surface area (Å²) in [6.07, 6.45) is 11.0. The summed E-state index contributed by atoms with van der Waals surface area (Å²) in [5.74, 6) is 2.43. The molecule has 0 saturated carbocycles. The van der Waals surface area contributed by atoms with Crippen molar-refractivity contribution in [2.75, 3.05) is 0 Å². The standard InChI is InChI=1S/C21H44O2/c1-7-20(22)21(6,23)16-10-15-19(5)14-9-13-18(4)12-8-11-17(2)3/h17-20,22-23H,7-16H2,1-6H3. The van der Waals surface area contributed by atoms with Crippen molar-refractivity contribution >= 4 is 0 Å². The molecule has 0 bridgehead atoms. The fraction of sp³-hybridized carbons (Fsp3) is 1.00. The first-order valence-corrected chi connectivity index (χ1v) is 10.1. The van der Waals surface area contributed by atoms with Gasteiger partial charge < -0.3 is 10.2 Å². The third-order valence-corrected chi connectivity index (χ3v) is 5.36. The topological polar surface area (TPSA) is 40.5 Å². The normalized spacial score (nSPS) is 18.7. The first-order valence-electron chi connectivity index (χ1n) is 10.1. The second-order valence-corrected chi connectivity index (χ2v) is 8.64. The van der Waals surface area contributed by atoms with E-state index in [1.165, 1.54) is 38.5 Å².